The minimum atomic E-state index is -0.285. The Kier molecular flexibility index (Phi) is 4.28. The molecule has 0 saturated heterocycles. The van der Waals surface area contributed by atoms with E-state index in [0.717, 1.165) is 22.7 Å². The summed E-state index contributed by atoms with van der Waals surface area (Å²) in [7, 11) is 1.63. The molecule has 23 heavy (non-hydrogen) atoms. The number of benzene rings is 1. The average molecular weight is 310 g/mol. The van der Waals surface area contributed by atoms with Gasteiger partial charge in [0.25, 0.3) is 0 Å². The van der Waals surface area contributed by atoms with Gasteiger partial charge in [0.05, 0.1) is 31.5 Å². The monoisotopic (exact) mass is 310 g/mol. The minimum Gasteiger partial charge on any atom is -0.496 e. The molecule has 1 aromatic carbocycles. The first-order valence-corrected chi connectivity index (χ1v) is 7.49. The fourth-order valence-corrected chi connectivity index (χ4v) is 2.64. The van der Waals surface area contributed by atoms with Gasteiger partial charge in [-0.15, -0.1) is 0 Å². The van der Waals surface area contributed by atoms with Gasteiger partial charge >= 0.3 is 5.97 Å². The van der Waals surface area contributed by atoms with Gasteiger partial charge in [-0.05, 0) is 31.2 Å². The molecule has 0 fully saturated rings. The van der Waals surface area contributed by atoms with Crippen LogP contribution in [0.25, 0.3) is 16.9 Å². The molecule has 3 rings (SSSR count). The summed E-state index contributed by atoms with van der Waals surface area (Å²) in [6.45, 7) is 2.15. The van der Waals surface area contributed by atoms with E-state index in [-0.39, 0.29) is 12.4 Å². The largest absolute Gasteiger partial charge is 0.496 e. The molecule has 2 heterocycles. The Balaban J connectivity index is 2.18. The number of nitrogens with zero attached hydrogens (tertiary/aromatic N) is 2. The number of imidazole rings is 1. The summed E-state index contributed by atoms with van der Waals surface area (Å²) in [6, 6.07) is 13.5. The number of para-hydroxylation sites is 1. The van der Waals surface area contributed by atoms with E-state index >= 15 is 0 Å². The van der Waals surface area contributed by atoms with Crippen molar-refractivity contribution in [1.82, 2.24) is 9.38 Å². The number of rotatable bonds is 5. The first-order chi connectivity index (χ1) is 11.2. The van der Waals surface area contributed by atoms with Gasteiger partial charge in [0.1, 0.15) is 11.4 Å². The summed E-state index contributed by atoms with van der Waals surface area (Å²) >= 11 is 0. The normalized spacial score (nSPS) is 10.7. The first kappa shape index (κ1) is 15.1. The molecule has 0 aliphatic rings. The predicted molar refractivity (Wildman–Crippen MR) is 87.5 cm³/mol. The maximum atomic E-state index is 11.9. The van der Waals surface area contributed by atoms with Gasteiger partial charge in [-0.3, -0.25) is 9.20 Å². The molecule has 0 atom stereocenters. The van der Waals surface area contributed by atoms with Crippen LogP contribution in [0.4, 0.5) is 0 Å². The molecule has 0 aliphatic heterocycles. The fraction of sp³-hybridized carbons (Fsp3) is 0.222. The van der Waals surface area contributed by atoms with Crippen LogP contribution >= 0.6 is 0 Å². The number of pyridine rings is 1. The van der Waals surface area contributed by atoms with Gasteiger partial charge in [0, 0.05) is 11.8 Å². The number of esters is 1. The Bertz CT molecular complexity index is 839. The Morgan fingerprint density at radius 3 is 2.74 bits per heavy atom. The summed E-state index contributed by atoms with van der Waals surface area (Å²) < 4.78 is 12.5. The zero-order chi connectivity index (χ0) is 16.2. The Hall–Kier alpha value is -2.82. The van der Waals surface area contributed by atoms with Crippen molar-refractivity contribution in [2.45, 2.75) is 13.3 Å². The number of hydrogen-bond donors (Lipinski definition) is 0. The van der Waals surface area contributed by atoms with Crippen molar-refractivity contribution in [3.05, 3.63) is 54.4 Å². The van der Waals surface area contributed by atoms with Crippen LogP contribution < -0.4 is 4.74 Å². The van der Waals surface area contributed by atoms with Crippen molar-refractivity contribution in [2.75, 3.05) is 13.7 Å². The van der Waals surface area contributed by atoms with E-state index in [1.54, 1.807) is 14.0 Å². The molecule has 0 spiro atoms. The maximum absolute atomic E-state index is 11.9. The summed E-state index contributed by atoms with van der Waals surface area (Å²) in [4.78, 5) is 16.5. The smallest absolute Gasteiger partial charge is 0.311 e. The highest BCUT2D eigenvalue weighted by molar-refractivity contribution is 5.79. The molecule has 0 aliphatic carbocycles. The van der Waals surface area contributed by atoms with E-state index in [1.165, 1.54) is 0 Å². The third kappa shape index (κ3) is 2.90. The van der Waals surface area contributed by atoms with Crippen LogP contribution in [0.2, 0.25) is 0 Å². The number of aromatic nitrogens is 2. The highest BCUT2D eigenvalue weighted by Gasteiger charge is 2.19. The number of carbonyl (C=O) groups is 1. The fourth-order valence-electron chi connectivity index (χ4n) is 2.64. The van der Waals surface area contributed by atoms with Gasteiger partial charge in [0.2, 0.25) is 0 Å². The maximum Gasteiger partial charge on any atom is 0.311 e. The Labute approximate surface area is 134 Å². The molecule has 5 nitrogen and oxygen atoms in total. The minimum absolute atomic E-state index is 0.128. The second kappa shape index (κ2) is 6.52. The lowest BCUT2D eigenvalue weighted by atomic mass is 10.1. The van der Waals surface area contributed by atoms with Crippen LogP contribution in [0.15, 0.2) is 48.7 Å². The van der Waals surface area contributed by atoms with Crippen molar-refractivity contribution in [3.63, 3.8) is 0 Å². The number of hydrogen-bond acceptors (Lipinski definition) is 4. The van der Waals surface area contributed by atoms with Crippen LogP contribution in [0, 0.1) is 0 Å². The molecule has 0 unspecified atom stereocenters. The lowest BCUT2D eigenvalue weighted by molar-refractivity contribution is -0.142. The van der Waals surface area contributed by atoms with E-state index in [2.05, 4.69) is 4.98 Å². The van der Waals surface area contributed by atoms with E-state index in [4.69, 9.17) is 9.47 Å². The second-order valence-corrected chi connectivity index (χ2v) is 5.02. The molecule has 5 heteroatoms. The zero-order valence-corrected chi connectivity index (χ0v) is 13.2. The third-order valence-electron chi connectivity index (χ3n) is 3.58. The average Bonchev–Trinajstić information content (AvgIpc) is 2.92. The van der Waals surface area contributed by atoms with Gasteiger partial charge in [-0.2, -0.15) is 0 Å². The van der Waals surface area contributed by atoms with Crippen LogP contribution in [0.1, 0.15) is 12.6 Å². The van der Waals surface area contributed by atoms with Crippen molar-refractivity contribution in [3.8, 4) is 17.0 Å². The molecule has 0 radical (unpaired) electrons. The predicted octanol–water partition coefficient (Wildman–Crippen LogP) is 3.12. The number of ether oxygens (including phenoxy) is 2. The molecular weight excluding hydrogens is 292 g/mol. The quantitative estimate of drug-likeness (QED) is 0.679. The lowest BCUT2D eigenvalue weighted by Crippen LogP contribution is -2.09. The van der Waals surface area contributed by atoms with Gasteiger partial charge in [-0.1, -0.05) is 18.2 Å². The molecule has 0 amide bonds. The van der Waals surface area contributed by atoms with Crippen molar-refractivity contribution in [1.29, 1.82) is 0 Å². The van der Waals surface area contributed by atoms with Crippen LogP contribution in [0.3, 0.4) is 0 Å². The van der Waals surface area contributed by atoms with E-state index in [0.29, 0.717) is 12.3 Å². The molecule has 0 bridgehead atoms. The standard InChI is InChI=1S/C18H18N2O3/c1-3-23-17(21)12-14-18(13-8-4-5-9-15(13)22-2)20-11-7-6-10-16(20)19-14/h4-11H,3,12H2,1-2H3. The van der Waals surface area contributed by atoms with Crippen molar-refractivity contribution >= 4 is 11.6 Å². The molecular formula is C18H18N2O3. The van der Waals surface area contributed by atoms with E-state index in [9.17, 15) is 4.79 Å². The highest BCUT2D eigenvalue weighted by atomic mass is 16.5. The first-order valence-electron chi connectivity index (χ1n) is 7.49. The van der Waals surface area contributed by atoms with E-state index in [1.807, 2.05) is 53.1 Å². The molecule has 0 saturated carbocycles. The van der Waals surface area contributed by atoms with Gasteiger partial charge in [-0.25, -0.2) is 4.98 Å². The summed E-state index contributed by atoms with van der Waals surface area (Å²) in [6.07, 6.45) is 2.06. The van der Waals surface area contributed by atoms with Crippen LogP contribution in [-0.2, 0) is 16.0 Å². The number of fused-ring (bicyclic) bond motifs is 1. The summed E-state index contributed by atoms with van der Waals surface area (Å²) in [5.41, 5.74) is 3.21. The number of carbonyl (C=O) groups excluding carboxylic acids is 1. The zero-order valence-electron chi connectivity index (χ0n) is 13.2. The SMILES string of the molecule is CCOC(=O)Cc1nc2ccccn2c1-c1ccccc1OC. The Morgan fingerprint density at radius 2 is 1.96 bits per heavy atom. The van der Waals surface area contributed by atoms with E-state index < -0.39 is 0 Å². The topological polar surface area (TPSA) is 52.8 Å². The molecule has 118 valence electrons. The summed E-state index contributed by atoms with van der Waals surface area (Å²) in [5, 5.41) is 0. The van der Waals surface area contributed by atoms with Crippen LogP contribution in [-0.4, -0.2) is 29.1 Å². The second-order valence-electron chi connectivity index (χ2n) is 5.02. The number of methoxy groups -OCH3 is 1. The molecule has 2 aromatic heterocycles. The summed E-state index contributed by atoms with van der Waals surface area (Å²) in [5.74, 6) is 0.454. The van der Waals surface area contributed by atoms with Crippen molar-refractivity contribution < 1.29 is 14.3 Å². The highest BCUT2D eigenvalue weighted by Crippen LogP contribution is 2.33. The van der Waals surface area contributed by atoms with Gasteiger partial charge in [0.15, 0.2) is 0 Å². The molecule has 3 aromatic rings. The molecule has 0 N–H and O–H groups in total. The lowest BCUT2D eigenvalue weighted by Gasteiger charge is -2.10. The third-order valence-corrected chi connectivity index (χ3v) is 3.58. The van der Waals surface area contributed by atoms with Crippen LogP contribution in [0.5, 0.6) is 5.75 Å². The van der Waals surface area contributed by atoms with Gasteiger partial charge < -0.3 is 9.47 Å². The Morgan fingerprint density at radius 1 is 1.17 bits per heavy atom. The van der Waals surface area contributed by atoms with Crippen molar-refractivity contribution in [2.24, 2.45) is 0 Å².